The van der Waals surface area contributed by atoms with Gasteiger partial charge in [-0.25, -0.2) is 4.79 Å². The number of halogens is 3. The van der Waals surface area contributed by atoms with Crippen LogP contribution in [0.5, 0.6) is 0 Å². The van der Waals surface area contributed by atoms with Crippen LogP contribution in [0.2, 0.25) is 0 Å². The lowest BCUT2D eigenvalue weighted by Gasteiger charge is -2.36. The summed E-state index contributed by atoms with van der Waals surface area (Å²) in [4.78, 5) is 35.0. The lowest BCUT2D eigenvalue weighted by atomic mass is 9.75. The molecule has 4 aliphatic rings. The number of carbonyl (C=O) groups excluding carboxylic acids is 2. The molecule has 5 rings (SSSR count). The van der Waals surface area contributed by atoms with Gasteiger partial charge in [0.05, 0.1) is 24.2 Å². The molecular weight excluding hydrogens is 551 g/mol. The van der Waals surface area contributed by atoms with Gasteiger partial charge in [-0.2, -0.15) is 13.2 Å². The van der Waals surface area contributed by atoms with E-state index in [2.05, 4.69) is 36.4 Å². The number of aromatic nitrogens is 1. The van der Waals surface area contributed by atoms with Gasteiger partial charge in [0, 0.05) is 82.3 Å². The topological polar surface area (TPSA) is 96.0 Å². The monoisotopic (exact) mass is 595 g/mol. The Balaban J connectivity index is 1.34. The number of urea groups is 1. The first-order valence-corrected chi connectivity index (χ1v) is 15.0. The molecule has 1 saturated carbocycles. The molecule has 3 aliphatic heterocycles. The Morgan fingerprint density at radius 2 is 2.00 bits per heavy atom. The molecule has 3 fully saturated rings. The van der Waals surface area contributed by atoms with Crippen molar-refractivity contribution < 1.29 is 32.2 Å². The molecule has 3 unspecified atom stereocenters. The molecule has 0 radical (unpaired) electrons. The highest BCUT2D eigenvalue weighted by atomic mass is 19.4. The Labute approximate surface area is 245 Å². The SMILES string of the molecule is COC1COCCC1N[C@H]1CC[C@@]2(C1)CN(C(=O)NCC(C)(C)C)CC2C(=O)N1CCc2ncc(C(F)(F)F)cc2C1. The number of nitrogens with zero attached hydrogens (tertiary/aromatic N) is 3. The van der Waals surface area contributed by atoms with Crippen LogP contribution in [0.1, 0.15) is 63.3 Å². The molecule has 1 aromatic rings. The molecule has 9 nitrogen and oxygen atoms in total. The third-order valence-electron chi connectivity index (χ3n) is 9.38. The zero-order valence-corrected chi connectivity index (χ0v) is 25.1. The number of rotatable bonds is 5. The molecular formula is C30H44F3N5O4. The van der Waals surface area contributed by atoms with E-state index in [0.717, 1.165) is 37.9 Å². The maximum Gasteiger partial charge on any atom is 0.417 e. The molecule has 2 saturated heterocycles. The molecule has 3 amide bonds. The summed E-state index contributed by atoms with van der Waals surface area (Å²) in [6.45, 7) is 9.12. The standard InChI is InChI=1S/C30H44F3N5O4/c1-28(2,3)17-35-27(40)38-15-22(26(39)37-9-6-23-19(14-37)11-20(13-34-23)30(31,32)33)29(18-38)8-5-21(12-29)36-24-7-10-42-16-25(24)41-4/h11,13,21-22,24-25,36H,5-10,12,14-18H2,1-4H3,(H,35,40)/t21-,22?,24?,25?,29+/m0/s1. The number of fused-ring (bicyclic) bond motifs is 1. The van der Waals surface area contributed by atoms with Gasteiger partial charge >= 0.3 is 12.2 Å². The first kappa shape index (κ1) is 31.0. The predicted molar refractivity (Wildman–Crippen MR) is 150 cm³/mol. The Bertz CT molecular complexity index is 1160. The highest BCUT2D eigenvalue weighted by Crippen LogP contribution is 2.50. The largest absolute Gasteiger partial charge is 0.417 e. The Morgan fingerprint density at radius 1 is 1.21 bits per heavy atom. The van der Waals surface area contributed by atoms with Gasteiger partial charge in [-0.05, 0) is 42.7 Å². The quantitative estimate of drug-likeness (QED) is 0.540. The number of amides is 3. The van der Waals surface area contributed by atoms with Crippen LogP contribution in [-0.4, -0.2) is 91.4 Å². The molecule has 0 aromatic carbocycles. The van der Waals surface area contributed by atoms with Crippen LogP contribution in [0.4, 0.5) is 18.0 Å². The van der Waals surface area contributed by atoms with Crippen molar-refractivity contribution in [2.45, 2.75) is 83.8 Å². The number of likely N-dealkylation sites (tertiary alicyclic amines) is 1. The normalized spacial score (nSPS) is 30.1. The highest BCUT2D eigenvalue weighted by Gasteiger charge is 2.56. The first-order valence-electron chi connectivity index (χ1n) is 15.0. The Kier molecular flexibility index (Phi) is 8.80. The minimum Gasteiger partial charge on any atom is -0.379 e. The zero-order chi connectivity index (χ0) is 30.3. The third kappa shape index (κ3) is 6.70. The van der Waals surface area contributed by atoms with Crippen molar-refractivity contribution in [3.63, 3.8) is 0 Å². The van der Waals surface area contributed by atoms with E-state index in [1.165, 1.54) is 0 Å². The Morgan fingerprint density at radius 3 is 2.71 bits per heavy atom. The number of ether oxygens (including phenoxy) is 2. The van der Waals surface area contributed by atoms with E-state index in [0.29, 0.717) is 57.1 Å². The molecule has 234 valence electrons. The maximum atomic E-state index is 14.2. The van der Waals surface area contributed by atoms with Crippen molar-refractivity contribution in [1.82, 2.24) is 25.4 Å². The van der Waals surface area contributed by atoms with Crippen molar-refractivity contribution in [2.24, 2.45) is 16.7 Å². The summed E-state index contributed by atoms with van der Waals surface area (Å²) in [5.74, 6) is -0.524. The number of hydrogen-bond acceptors (Lipinski definition) is 6. The minimum absolute atomic E-state index is 0.0420. The van der Waals surface area contributed by atoms with Gasteiger partial charge in [-0.3, -0.25) is 9.78 Å². The molecule has 2 N–H and O–H groups in total. The van der Waals surface area contributed by atoms with Crippen LogP contribution in [0.3, 0.4) is 0 Å². The lowest BCUT2D eigenvalue weighted by Crippen LogP contribution is -2.51. The fourth-order valence-corrected chi connectivity index (χ4v) is 7.10. The smallest absolute Gasteiger partial charge is 0.379 e. The van der Waals surface area contributed by atoms with E-state index in [9.17, 15) is 22.8 Å². The molecule has 42 heavy (non-hydrogen) atoms. The molecule has 12 heteroatoms. The third-order valence-corrected chi connectivity index (χ3v) is 9.38. The predicted octanol–water partition coefficient (Wildman–Crippen LogP) is 3.61. The second-order valence-electron chi connectivity index (χ2n) is 13.7. The van der Waals surface area contributed by atoms with E-state index in [1.54, 1.807) is 16.9 Å². The van der Waals surface area contributed by atoms with E-state index in [4.69, 9.17) is 9.47 Å². The minimum atomic E-state index is -4.50. The van der Waals surface area contributed by atoms with Gasteiger partial charge in [0.25, 0.3) is 0 Å². The maximum absolute atomic E-state index is 14.2. The van der Waals surface area contributed by atoms with E-state index >= 15 is 0 Å². The van der Waals surface area contributed by atoms with Crippen molar-refractivity contribution in [1.29, 1.82) is 0 Å². The summed E-state index contributed by atoms with van der Waals surface area (Å²) in [6.07, 6.45) is -0.0264. The number of pyridine rings is 1. The average Bonchev–Trinajstić information content (AvgIpc) is 3.53. The van der Waals surface area contributed by atoms with E-state index in [-0.39, 0.29) is 42.1 Å². The summed E-state index contributed by atoms with van der Waals surface area (Å²) in [5.41, 5.74) is -0.259. The average molecular weight is 596 g/mol. The van der Waals surface area contributed by atoms with Gasteiger partial charge < -0.3 is 29.9 Å². The van der Waals surface area contributed by atoms with E-state index in [1.807, 2.05) is 0 Å². The molecule has 1 aromatic heterocycles. The van der Waals surface area contributed by atoms with Crippen LogP contribution in [0, 0.1) is 16.7 Å². The van der Waals surface area contributed by atoms with Crippen LogP contribution < -0.4 is 10.6 Å². The molecule has 1 spiro atoms. The van der Waals surface area contributed by atoms with Crippen molar-refractivity contribution >= 4 is 11.9 Å². The summed E-state index contributed by atoms with van der Waals surface area (Å²) in [7, 11) is 1.69. The highest BCUT2D eigenvalue weighted by molar-refractivity contribution is 5.83. The number of nitrogens with one attached hydrogen (secondary N) is 2. The van der Waals surface area contributed by atoms with E-state index < -0.39 is 23.1 Å². The molecule has 5 atom stereocenters. The van der Waals surface area contributed by atoms with Crippen LogP contribution in [-0.2, 0) is 33.4 Å². The van der Waals surface area contributed by atoms with Gasteiger partial charge in [0.2, 0.25) is 5.91 Å². The molecule has 4 heterocycles. The molecule has 0 bridgehead atoms. The number of carbonyl (C=O) groups is 2. The zero-order valence-electron chi connectivity index (χ0n) is 25.1. The second kappa shape index (κ2) is 11.9. The number of methoxy groups -OCH3 is 1. The van der Waals surface area contributed by atoms with Crippen LogP contribution >= 0.6 is 0 Å². The van der Waals surface area contributed by atoms with Gasteiger partial charge in [0.15, 0.2) is 0 Å². The number of alkyl halides is 3. The van der Waals surface area contributed by atoms with Gasteiger partial charge in [0.1, 0.15) is 0 Å². The second-order valence-corrected chi connectivity index (χ2v) is 13.7. The Hall–Kier alpha value is -2.44. The fraction of sp³-hybridized carbons (Fsp3) is 0.767. The van der Waals surface area contributed by atoms with Gasteiger partial charge in [-0.1, -0.05) is 20.8 Å². The van der Waals surface area contributed by atoms with Crippen molar-refractivity contribution in [3.8, 4) is 0 Å². The summed E-state index contributed by atoms with van der Waals surface area (Å²) < 4.78 is 51.4. The molecule has 1 aliphatic carbocycles. The summed E-state index contributed by atoms with van der Waals surface area (Å²) >= 11 is 0. The summed E-state index contributed by atoms with van der Waals surface area (Å²) in [5, 5.41) is 6.80. The first-order chi connectivity index (χ1) is 19.8. The lowest BCUT2D eigenvalue weighted by molar-refractivity contribution is -0.139. The number of hydrogen-bond donors (Lipinski definition) is 2. The van der Waals surface area contributed by atoms with Crippen LogP contribution in [0.25, 0.3) is 0 Å². The van der Waals surface area contributed by atoms with Crippen molar-refractivity contribution in [3.05, 3.63) is 29.1 Å². The summed E-state index contributed by atoms with van der Waals surface area (Å²) in [6, 6.07) is 1.26. The van der Waals surface area contributed by atoms with Crippen LogP contribution in [0.15, 0.2) is 12.3 Å². The fourth-order valence-electron chi connectivity index (χ4n) is 7.10. The van der Waals surface area contributed by atoms with Crippen molar-refractivity contribution in [2.75, 3.05) is 46.5 Å². The van der Waals surface area contributed by atoms with Gasteiger partial charge in [-0.15, -0.1) is 0 Å².